The second kappa shape index (κ2) is 6.06. The Balaban J connectivity index is 2.07. The molecule has 0 saturated heterocycles. The van der Waals surface area contributed by atoms with Crippen LogP contribution in [-0.4, -0.2) is 37.6 Å². The molecule has 0 saturated carbocycles. The molecule has 2 atom stereocenters. The zero-order valence-corrected chi connectivity index (χ0v) is 11.8. The second-order valence-electron chi connectivity index (χ2n) is 5.22. The lowest BCUT2D eigenvalue weighted by Crippen LogP contribution is -2.30. The predicted octanol–water partition coefficient (Wildman–Crippen LogP) is 1.82. The number of carbonyl (C=O) groups excluding carboxylic acids is 1. The monoisotopic (exact) mass is 262 g/mol. The van der Waals surface area contributed by atoms with Crippen LogP contribution in [-0.2, 0) is 9.53 Å². The lowest BCUT2D eigenvalue weighted by Gasteiger charge is -2.25. The molecule has 1 heterocycles. The number of allylic oxidation sites excluding steroid dienone is 2. The van der Waals surface area contributed by atoms with Gasteiger partial charge in [-0.3, -0.25) is 4.79 Å². The summed E-state index contributed by atoms with van der Waals surface area (Å²) in [6, 6.07) is 0.224. The zero-order chi connectivity index (χ0) is 13.8. The maximum Gasteiger partial charge on any atom is 0.310 e. The van der Waals surface area contributed by atoms with Crippen LogP contribution < -0.4 is 5.32 Å². The van der Waals surface area contributed by atoms with Gasteiger partial charge in [-0.25, -0.2) is 0 Å². The van der Waals surface area contributed by atoms with Gasteiger partial charge in [0.25, 0.3) is 0 Å². The van der Waals surface area contributed by atoms with E-state index in [4.69, 9.17) is 4.74 Å². The minimum Gasteiger partial charge on any atom is -0.430 e. The number of hydrogen-bond donors (Lipinski definition) is 1. The van der Waals surface area contributed by atoms with E-state index in [1.807, 2.05) is 19.1 Å². The molecule has 2 aliphatic rings. The van der Waals surface area contributed by atoms with Gasteiger partial charge in [-0.1, -0.05) is 19.1 Å². The van der Waals surface area contributed by atoms with E-state index in [2.05, 4.69) is 36.6 Å². The predicted molar refractivity (Wildman–Crippen MR) is 75.3 cm³/mol. The molecular formula is C15H22N2O2. The molecule has 0 spiro atoms. The number of nitrogens with zero attached hydrogens (tertiary/aromatic N) is 1. The van der Waals surface area contributed by atoms with E-state index in [1.165, 1.54) is 5.57 Å². The molecule has 104 valence electrons. The summed E-state index contributed by atoms with van der Waals surface area (Å²) in [4.78, 5) is 13.7. The third-order valence-electron chi connectivity index (χ3n) is 3.47. The smallest absolute Gasteiger partial charge is 0.310 e. The third kappa shape index (κ3) is 3.26. The summed E-state index contributed by atoms with van der Waals surface area (Å²) in [5, 5.41) is 3.35. The van der Waals surface area contributed by atoms with Crippen molar-refractivity contribution in [1.82, 2.24) is 10.2 Å². The molecule has 0 fully saturated rings. The molecule has 1 unspecified atom stereocenters. The quantitative estimate of drug-likeness (QED) is 0.767. The summed E-state index contributed by atoms with van der Waals surface area (Å²) in [6.07, 6.45) is 9.44. The van der Waals surface area contributed by atoms with Crippen molar-refractivity contribution >= 4 is 5.97 Å². The van der Waals surface area contributed by atoms with E-state index in [0.717, 1.165) is 18.7 Å². The molecule has 0 bridgehead atoms. The SMILES string of the molecule is CCC(=O)OC1=CC=CC2NC=C(CCN(C)C)[C@@H]12. The molecule has 0 amide bonds. The van der Waals surface area contributed by atoms with Crippen LogP contribution in [0.2, 0.25) is 0 Å². The lowest BCUT2D eigenvalue weighted by atomic mass is 9.88. The molecule has 0 radical (unpaired) electrons. The first-order valence-corrected chi connectivity index (χ1v) is 6.80. The Morgan fingerprint density at radius 3 is 2.95 bits per heavy atom. The van der Waals surface area contributed by atoms with Crippen molar-refractivity contribution < 1.29 is 9.53 Å². The first-order chi connectivity index (χ1) is 9.11. The standard InChI is InChI=1S/C15H22N2O2/c1-4-14(18)19-13-7-5-6-12-15(13)11(10-16-12)8-9-17(2)3/h5-7,10,12,15-16H,4,8-9H2,1-3H3/t12?,15-/m1/s1. The number of ether oxygens (including phenoxy) is 1. The molecule has 4 nitrogen and oxygen atoms in total. The molecular weight excluding hydrogens is 240 g/mol. The second-order valence-corrected chi connectivity index (χ2v) is 5.22. The van der Waals surface area contributed by atoms with Crippen LogP contribution in [0.5, 0.6) is 0 Å². The molecule has 1 N–H and O–H groups in total. The van der Waals surface area contributed by atoms with Gasteiger partial charge in [0.05, 0.1) is 12.0 Å². The van der Waals surface area contributed by atoms with Gasteiger partial charge in [-0.05, 0) is 38.4 Å². The molecule has 19 heavy (non-hydrogen) atoms. The third-order valence-corrected chi connectivity index (χ3v) is 3.47. The Hall–Kier alpha value is -1.55. The van der Waals surface area contributed by atoms with E-state index in [-0.39, 0.29) is 17.9 Å². The highest BCUT2D eigenvalue weighted by molar-refractivity contribution is 5.70. The van der Waals surface area contributed by atoms with Gasteiger partial charge < -0.3 is 15.0 Å². The summed E-state index contributed by atoms with van der Waals surface area (Å²) < 4.78 is 5.47. The fourth-order valence-corrected chi connectivity index (χ4v) is 2.40. The highest BCUT2D eigenvalue weighted by Crippen LogP contribution is 2.34. The lowest BCUT2D eigenvalue weighted by molar-refractivity contribution is -0.139. The Morgan fingerprint density at radius 2 is 2.26 bits per heavy atom. The average Bonchev–Trinajstić information content (AvgIpc) is 2.80. The fourth-order valence-electron chi connectivity index (χ4n) is 2.40. The Labute approximate surface area is 114 Å². The van der Waals surface area contributed by atoms with Crippen molar-refractivity contribution in [1.29, 1.82) is 0 Å². The van der Waals surface area contributed by atoms with Gasteiger partial charge in [0, 0.05) is 13.0 Å². The van der Waals surface area contributed by atoms with Gasteiger partial charge in [0.1, 0.15) is 5.76 Å². The van der Waals surface area contributed by atoms with Crippen molar-refractivity contribution in [3.63, 3.8) is 0 Å². The van der Waals surface area contributed by atoms with Crippen molar-refractivity contribution in [3.8, 4) is 0 Å². The topological polar surface area (TPSA) is 41.6 Å². The molecule has 1 aliphatic heterocycles. The van der Waals surface area contributed by atoms with Crippen molar-refractivity contribution in [2.45, 2.75) is 25.8 Å². The van der Waals surface area contributed by atoms with E-state index in [0.29, 0.717) is 6.42 Å². The number of esters is 1. The maximum atomic E-state index is 11.5. The number of rotatable bonds is 5. The summed E-state index contributed by atoms with van der Waals surface area (Å²) in [7, 11) is 4.13. The van der Waals surface area contributed by atoms with E-state index >= 15 is 0 Å². The van der Waals surface area contributed by atoms with Gasteiger partial charge in [-0.2, -0.15) is 0 Å². The number of carbonyl (C=O) groups is 1. The summed E-state index contributed by atoms with van der Waals surface area (Å²) in [6.45, 7) is 2.81. The average molecular weight is 262 g/mol. The molecule has 1 aliphatic carbocycles. The summed E-state index contributed by atoms with van der Waals surface area (Å²) in [5.74, 6) is 0.772. The fraction of sp³-hybridized carbons (Fsp3) is 0.533. The Morgan fingerprint density at radius 1 is 1.47 bits per heavy atom. The largest absolute Gasteiger partial charge is 0.430 e. The molecule has 0 aromatic heterocycles. The molecule has 2 rings (SSSR count). The van der Waals surface area contributed by atoms with E-state index in [9.17, 15) is 4.79 Å². The maximum absolute atomic E-state index is 11.5. The Bertz CT molecular complexity index is 435. The van der Waals surface area contributed by atoms with Crippen LogP contribution in [0.4, 0.5) is 0 Å². The van der Waals surface area contributed by atoms with Crippen LogP contribution in [0, 0.1) is 5.92 Å². The minimum atomic E-state index is -0.167. The highest BCUT2D eigenvalue weighted by atomic mass is 16.5. The summed E-state index contributed by atoms with van der Waals surface area (Å²) >= 11 is 0. The molecule has 0 aromatic rings. The van der Waals surface area contributed by atoms with Gasteiger partial charge in [-0.15, -0.1) is 0 Å². The van der Waals surface area contributed by atoms with Crippen molar-refractivity contribution in [3.05, 3.63) is 35.8 Å². The zero-order valence-electron chi connectivity index (χ0n) is 11.8. The van der Waals surface area contributed by atoms with Gasteiger partial charge >= 0.3 is 5.97 Å². The first-order valence-electron chi connectivity index (χ1n) is 6.80. The van der Waals surface area contributed by atoms with Crippen LogP contribution in [0.15, 0.2) is 35.8 Å². The van der Waals surface area contributed by atoms with Crippen LogP contribution in [0.1, 0.15) is 19.8 Å². The molecule has 4 heteroatoms. The first kappa shape index (κ1) is 13.9. The van der Waals surface area contributed by atoms with Crippen LogP contribution in [0.25, 0.3) is 0 Å². The van der Waals surface area contributed by atoms with Crippen LogP contribution in [0.3, 0.4) is 0 Å². The normalized spacial score (nSPS) is 24.6. The Kier molecular flexibility index (Phi) is 4.43. The van der Waals surface area contributed by atoms with Gasteiger partial charge in [0.15, 0.2) is 0 Å². The highest BCUT2D eigenvalue weighted by Gasteiger charge is 2.34. The van der Waals surface area contributed by atoms with E-state index in [1.54, 1.807) is 0 Å². The number of hydrogen-bond acceptors (Lipinski definition) is 4. The van der Waals surface area contributed by atoms with Crippen molar-refractivity contribution in [2.75, 3.05) is 20.6 Å². The number of nitrogens with one attached hydrogen (secondary N) is 1. The van der Waals surface area contributed by atoms with Gasteiger partial charge in [0.2, 0.25) is 0 Å². The van der Waals surface area contributed by atoms with Crippen LogP contribution >= 0.6 is 0 Å². The molecule has 0 aromatic carbocycles. The van der Waals surface area contributed by atoms with Crippen molar-refractivity contribution in [2.24, 2.45) is 5.92 Å². The summed E-state index contributed by atoms with van der Waals surface area (Å²) in [5.41, 5.74) is 1.30. The van der Waals surface area contributed by atoms with E-state index < -0.39 is 0 Å². The number of fused-ring (bicyclic) bond motifs is 1. The minimum absolute atomic E-state index is 0.167.